The minimum Gasteiger partial charge on any atom is -0.495 e. The lowest BCUT2D eigenvalue weighted by Crippen LogP contribution is -2.51. The van der Waals surface area contributed by atoms with Crippen LogP contribution in [0.4, 0.5) is 5.69 Å². The summed E-state index contributed by atoms with van der Waals surface area (Å²) >= 11 is 3.41. The summed E-state index contributed by atoms with van der Waals surface area (Å²) in [6, 6.07) is 5.26. The molecule has 1 saturated heterocycles. The number of nitrogens with zero attached hydrogens (tertiary/aromatic N) is 1. The number of methoxy groups -OCH3 is 1. The van der Waals surface area contributed by atoms with Crippen molar-refractivity contribution in [2.24, 2.45) is 0 Å². The lowest BCUT2D eigenvalue weighted by atomic mass is 10.2. The Morgan fingerprint density at radius 3 is 3.00 bits per heavy atom. The van der Waals surface area contributed by atoms with E-state index in [0.29, 0.717) is 25.5 Å². The maximum Gasteiger partial charge on any atom is 0.246 e. The van der Waals surface area contributed by atoms with Crippen LogP contribution < -0.4 is 15.0 Å². The first kappa shape index (κ1) is 14.3. The predicted octanol–water partition coefficient (Wildman–Crippen LogP) is 1.41. The summed E-state index contributed by atoms with van der Waals surface area (Å²) in [4.78, 5) is 14.0. The van der Waals surface area contributed by atoms with Gasteiger partial charge >= 0.3 is 0 Å². The molecule has 1 fully saturated rings. The van der Waals surface area contributed by atoms with E-state index in [9.17, 15) is 4.79 Å². The Morgan fingerprint density at radius 1 is 1.58 bits per heavy atom. The Balaban J connectivity index is 2.20. The Labute approximate surface area is 121 Å². The molecular weight excluding hydrogens is 312 g/mol. The number of halogens is 1. The molecule has 19 heavy (non-hydrogen) atoms. The third-order valence-electron chi connectivity index (χ3n) is 3.05. The molecule has 0 aliphatic carbocycles. The van der Waals surface area contributed by atoms with Crippen LogP contribution in [0.2, 0.25) is 0 Å². The molecule has 5 nitrogen and oxygen atoms in total. The number of morpholine rings is 1. The van der Waals surface area contributed by atoms with Crippen LogP contribution in [0.15, 0.2) is 22.7 Å². The number of benzene rings is 1. The molecule has 1 aromatic rings. The molecule has 0 saturated carbocycles. The topological polar surface area (TPSA) is 50.8 Å². The van der Waals surface area contributed by atoms with Gasteiger partial charge < -0.3 is 19.7 Å². The van der Waals surface area contributed by atoms with Crippen LogP contribution in [-0.2, 0) is 9.53 Å². The zero-order chi connectivity index (χ0) is 13.8. The molecule has 1 atom stereocenters. The molecule has 0 radical (unpaired) electrons. The van der Waals surface area contributed by atoms with E-state index in [1.54, 1.807) is 19.1 Å². The highest BCUT2D eigenvalue weighted by Crippen LogP contribution is 2.31. The molecule has 1 heterocycles. The molecule has 104 valence electrons. The summed E-state index contributed by atoms with van der Waals surface area (Å²) in [5, 5.41) is 3.15. The van der Waals surface area contributed by atoms with Gasteiger partial charge in [0.1, 0.15) is 11.8 Å². The van der Waals surface area contributed by atoms with Crippen molar-refractivity contribution in [1.29, 1.82) is 0 Å². The van der Waals surface area contributed by atoms with Gasteiger partial charge in [-0.2, -0.15) is 0 Å². The fourth-order valence-corrected chi connectivity index (χ4v) is 2.35. The number of hydrogen-bond acceptors (Lipinski definition) is 4. The standard InChI is InChI=1S/C13H17BrN2O3/c1-16(13(17)10-8-19-6-5-15-10)11-7-9(14)3-4-12(11)18-2/h3-4,7,10,15H,5-6,8H2,1-2H3. The van der Waals surface area contributed by atoms with Crippen molar-refractivity contribution in [2.45, 2.75) is 6.04 Å². The van der Waals surface area contributed by atoms with Crippen LogP contribution in [0, 0.1) is 0 Å². The second-order valence-corrected chi connectivity index (χ2v) is 5.21. The van der Waals surface area contributed by atoms with Gasteiger partial charge in [-0.25, -0.2) is 0 Å². The van der Waals surface area contributed by atoms with Gasteiger partial charge in [0.05, 0.1) is 26.0 Å². The number of rotatable bonds is 3. The van der Waals surface area contributed by atoms with E-state index >= 15 is 0 Å². The Kier molecular flexibility index (Phi) is 4.79. The number of carbonyl (C=O) groups excluding carboxylic acids is 1. The van der Waals surface area contributed by atoms with Crippen molar-refractivity contribution >= 4 is 27.5 Å². The van der Waals surface area contributed by atoms with Crippen LogP contribution in [0.5, 0.6) is 5.75 Å². The summed E-state index contributed by atoms with van der Waals surface area (Å²) in [7, 11) is 3.33. The molecule has 1 aliphatic rings. The van der Waals surface area contributed by atoms with Gasteiger partial charge in [-0.05, 0) is 18.2 Å². The minimum absolute atomic E-state index is 0.0314. The molecule has 1 aromatic carbocycles. The Bertz CT molecular complexity index is 461. The number of anilines is 1. The average Bonchev–Trinajstić information content (AvgIpc) is 2.46. The zero-order valence-corrected chi connectivity index (χ0v) is 12.6. The van der Waals surface area contributed by atoms with Crippen molar-refractivity contribution in [2.75, 3.05) is 38.8 Å². The minimum atomic E-state index is -0.303. The Hall–Kier alpha value is -1.11. The molecule has 1 aliphatic heterocycles. The summed E-state index contributed by atoms with van der Waals surface area (Å²) in [5.74, 6) is 0.631. The van der Waals surface area contributed by atoms with E-state index in [1.165, 1.54) is 0 Å². The summed E-state index contributed by atoms with van der Waals surface area (Å²) in [6.45, 7) is 1.74. The SMILES string of the molecule is COc1ccc(Br)cc1N(C)C(=O)C1COCCN1. The van der Waals surface area contributed by atoms with Gasteiger partial charge in [-0.15, -0.1) is 0 Å². The van der Waals surface area contributed by atoms with Gasteiger partial charge in [-0.1, -0.05) is 15.9 Å². The fraction of sp³-hybridized carbons (Fsp3) is 0.462. The lowest BCUT2D eigenvalue weighted by molar-refractivity contribution is -0.123. The van der Waals surface area contributed by atoms with Gasteiger partial charge in [0.15, 0.2) is 0 Å². The van der Waals surface area contributed by atoms with Crippen LogP contribution in [-0.4, -0.2) is 45.9 Å². The van der Waals surface area contributed by atoms with E-state index in [-0.39, 0.29) is 11.9 Å². The second kappa shape index (κ2) is 6.36. The van der Waals surface area contributed by atoms with Crippen LogP contribution in [0.1, 0.15) is 0 Å². The number of nitrogens with one attached hydrogen (secondary N) is 1. The van der Waals surface area contributed by atoms with E-state index in [1.807, 2.05) is 18.2 Å². The van der Waals surface area contributed by atoms with Crippen LogP contribution in [0.25, 0.3) is 0 Å². The van der Waals surface area contributed by atoms with Crippen LogP contribution >= 0.6 is 15.9 Å². The number of ether oxygens (including phenoxy) is 2. The molecule has 6 heteroatoms. The number of likely N-dealkylation sites (N-methyl/N-ethyl adjacent to an activating group) is 1. The molecule has 0 bridgehead atoms. The first-order valence-corrected chi connectivity index (χ1v) is 6.85. The molecule has 1 N–H and O–H groups in total. The molecule has 0 aromatic heterocycles. The number of hydrogen-bond donors (Lipinski definition) is 1. The molecule has 2 rings (SSSR count). The highest BCUT2D eigenvalue weighted by atomic mass is 79.9. The summed E-state index contributed by atoms with van der Waals surface area (Å²) in [6.07, 6.45) is 0. The monoisotopic (exact) mass is 328 g/mol. The second-order valence-electron chi connectivity index (χ2n) is 4.30. The van der Waals surface area contributed by atoms with Gasteiger partial charge in [0.2, 0.25) is 5.91 Å². The van der Waals surface area contributed by atoms with E-state index < -0.39 is 0 Å². The maximum absolute atomic E-state index is 12.4. The first-order valence-electron chi connectivity index (χ1n) is 6.05. The maximum atomic E-state index is 12.4. The van der Waals surface area contributed by atoms with Gasteiger partial charge in [-0.3, -0.25) is 4.79 Å². The van der Waals surface area contributed by atoms with Crippen molar-refractivity contribution in [3.8, 4) is 5.75 Å². The van der Waals surface area contributed by atoms with E-state index in [2.05, 4.69) is 21.2 Å². The third-order valence-corrected chi connectivity index (χ3v) is 3.55. The number of carbonyl (C=O) groups is 1. The summed E-state index contributed by atoms with van der Waals surface area (Å²) < 4.78 is 11.5. The van der Waals surface area contributed by atoms with E-state index in [0.717, 1.165) is 10.2 Å². The average molecular weight is 329 g/mol. The van der Waals surface area contributed by atoms with Crippen molar-refractivity contribution in [3.05, 3.63) is 22.7 Å². The normalized spacial score (nSPS) is 19.0. The quantitative estimate of drug-likeness (QED) is 0.911. The third kappa shape index (κ3) is 3.26. The number of amides is 1. The van der Waals surface area contributed by atoms with Crippen molar-refractivity contribution in [3.63, 3.8) is 0 Å². The first-order chi connectivity index (χ1) is 9.13. The van der Waals surface area contributed by atoms with Gasteiger partial charge in [0.25, 0.3) is 0 Å². The largest absolute Gasteiger partial charge is 0.495 e. The Morgan fingerprint density at radius 2 is 2.37 bits per heavy atom. The zero-order valence-electron chi connectivity index (χ0n) is 11.0. The molecular formula is C13H17BrN2O3. The van der Waals surface area contributed by atoms with Gasteiger partial charge in [0, 0.05) is 18.1 Å². The fourth-order valence-electron chi connectivity index (χ4n) is 2.00. The summed E-state index contributed by atoms with van der Waals surface area (Å²) in [5.41, 5.74) is 0.731. The van der Waals surface area contributed by atoms with Crippen LogP contribution in [0.3, 0.4) is 0 Å². The van der Waals surface area contributed by atoms with E-state index in [4.69, 9.17) is 9.47 Å². The lowest BCUT2D eigenvalue weighted by Gasteiger charge is -2.28. The highest BCUT2D eigenvalue weighted by molar-refractivity contribution is 9.10. The van der Waals surface area contributed by atoms with Crippen molar-refractivity contribution in [1.82, 2.24) is 5.32 Å². The smallest absolute Gasteiger partial charge is 0.246 e. The van der Waals surface area contributed by atoms with Crippen molar-refractivity contribution < 1.29 is 14.3 Å². The predicted molar refractivity (Wildman–Crippen MR) is 76.7 cm³/mol. The molecule has 0 spiro atoms. The molecule has 1 unspecified atom stereocenters. The highest BCUT2D eigenvalue weighted by Gasteiger charge is 2.26. The molecule has 1 amide bonds.